The molecule has 6 heteroatoms. The molecule has 2 aromatic heterocycles. The maximum Gasteiger partial charge on any atom is 0.255 e. The standard InChI is InChI=1S/C21H23N3O3/c1-14(2)27-19-13-24(12-18(19)25)21(26)16-8-9-20-22-17(11-23(20)10-16)15-6-4-3-5-7-15/h3-11,14,18-19,25H,12-13H2,1-2H3. The summed E-state index contributed by atoms with van der Waals surface area (Å²) < 4.78 is 7.57. The van der Waals surface area contributed by atoms with Crippen LogP contribution >= 0.6 is 0 Å². The molecular weight excluding hydrogens is 342 g/mol. The number of aliphatic hydroxyl groups excluding tert-OH is 1. The predicted molar refractivity (Wildman–Crippen MR) is 103 cm³/mol. The molecule has 2 unspecified atom stereocenters. The number of aliphatic hydroxyl groups is 1. The van der Waals surface area contributed by atoms with E-state index in [4.69, 9.17) is 4.74 Å². The Kier molecular flexibility index (Phi) is 4.68. The van der Waals surface area contributed by atoms with Crippen LogP contribution in [0.15, 0.2) is 54.9 Å². The highest BCUT2D eigenvalue weighted by atomic mass is 16.5. The lowest BCUT2D eigenvalue weighted by molar-refractivity contribution is -0.0394. The van der Waals surface area contributed by atoms with Gasteiger partial charge in [-0.05, 0) is 26.0 Å². The predicted octanol–water partition coefficient (Wildman–Crippen LogP) is 2.61. The van der Waals surface area contributed by atoms with Crippen molar-refractivity contribution in [2.24, 2.45) is 0 Å². The summed E-state index contributed by atoms with van der Waals surface area (Å²) in [6.07, 6.45) is 2.73. The zero-order chi connectivity index (χ0) is 19.0. The van der Waals surface area contributed by atoms with E-state index in [0.717, 1.165) is 16.9 Å². The Morgan fingerprint density at radius 1 is 1.15 bits per heavy atom. The molecule has 0 aliphatic carbocycles. The van der Waals surface area contributed by atoms with Crippen molar-refractivity contribution in [2.45, 2.75) is 32.2 Å². The van der Waals surface area contributed by atoms with Gasteiger partial charge in [-0.2, -0.15) is 0 Å². The van der Waals surface area contributed by atoms with E-state index >= 15 is 0 Å². The molecule has 3 heterocycles. The first kappa shape index (κ1) is 17.7. The van der Waals surface area contributed by atoms with Crippen LogP contribution < -0.4 is 0 Å². The number of amides is 1. The second-order valence-corrected chi connectivity index (χ2v) is 7.18. The minimum Gasteiger partial charge on any atom is -0.388 e. The summed E-state index contributed by atoms with van der Waals surface area (Å²) in [5.41, 5.74) is 3.25. The largest absolute Gasteiger partial charge is 0.388 e. The van der Waals surface area contributed by atoms with E-state index in [1.807, 2.05) is 60.8 Å². The molecule has 0 radical (unpaired) electrons. The molecule has 1 amide bonds. The number of ether oxygens (including phenoxy) is 1. The quantitative estimate of drug-likeness (QED) is 0.772. The van der Waals surface area contributed by atoms with E-state index in [0.29, 0.717) is 12.1 Å². The number of aromatic nitrogens is 2. The molecule has 1 aliphatic heterocycles. The molecule has 27 heavy (non-hydrogen) atoms. The molecule has 0 saturated carbocycles. The third-order valence-corrected chi connectivity index (χ3v) is 4.74. The fourth-order valence-electron chi connectivity index (χ4n) is 3.45. The molecule has 3 aromatic rings. The number of hydrogen-bond donors (Lipinski definition) is 1. The Labute approximate surface area is 158 Å². The third-order valence-electron chi connectivity index (χ3n) is 4.74. The number of carbonyl (C=O) groups is 1. The van der Waals surface area contributed by atoms with E-state index in [-0.39, 0.29) is 24.7 Å². The Morgan fingerprint density at radius 2 is 1.93 bits per heavy atom. The van der Waals surface area contributed by atoms with Crippen LogP contribution in [0.3, 0.4) is 0 Å². The number of benzene rings is 1. The minimum absolute atomic E-state index is 0.0124. The fourth-order valence-corrected chi connectivity index (χ4v) is 3.45. The van der Waals surface area contributed by atoms with Crippen molar-refractivity contribution in [3.8, 4) is 11.3 Å². The van der Waals surface area contributed by atoms with E-state index in [1.54, 1.807) is 17.2 Å². The van der Waals surface area contributed by atoms with Crippen molar-refractivity contribution >= 4 is 11.6 Å². The van der Waals surface area contributed by atoms with Crippen molar-refractivity contribution in [2.75, 3.05) is 13.1 Å². The zero-order valence-corrected chi connectivity index (χ0v) is 15.4. The Balaban J connectivity index is 1.56. The van der Waals surface area contributed by atoms with Crippen LogP contribution in [0.2, 0.25) is 0 Å². The number of rotatable bonds is 4. The van der Waals surface area contributed by atoms with Gasteiger partial charge < -0.3 is 19.1 Å². The van der Waals surface area contributed by atoms with Gasteiger partial charge in [0.05, 0.1) is 23.5 Å². The van der Waals surface area contributed by atoms with Gasteiger partial charge in [-0.25, -0.2) is 4.98 Å². The summed E-state index contributed by atoms with van der Waals surface area (Å²) in [4.78, 5) is 19.1. The smallest absolute Gasteiger partial charge is 0.255 e. The maximum absolute atomic E-state index is 12.9. The highest BCUT2D eigenvalue weighted by Gasteiger charge is 2.35. The van der Waals surface area contributed by atoms with Gasteiger partial charge in [0.15, 0.2) is 0 Å². The topological polar surface area (TPSA) is 67.1 Å². The monoisotopic (exact) mass is 365 g/mol. The minimum atomic E-state index is -0.655. The first-order valence-corrected chi connectivity index (χ1v) is 9.18. The fraction of sp³-hybridized carbons (Fsp3) is 0.333. The summed E-state index contributed by atoms with van der Waals surface area (Å²) >= 11 is 0. The number of nitrogens with zero attached hydrogens (tertiary/aromatic N) is 3. The maximum atomic E-state index is 12.9. The van der Waals surface area contributed by atoms with E-state index < -0.39 is 6.10 Å². The lowest BCUT2D eigenvalue weighted by atomic mass is 10.2. The lowest BCUT2D eigenvalue weighted by Crippen LogP contribution is -2.31. The molecule has 0 spiro atoms. The van der Waals surface area contributed by atoms with Crippen LogP contribution in [0.5, 0.6) is 0 Å². The van der Waals surface area contributed by atoms with Gasteiger partial charge in [0.25, 0.3) is 5.91 Å². The second kappa shape index (κ2) is 7.13. The summed E-state index contributed by atoms with van der Waals surface area (Å²) in [5, 5.41) is 10.2. The lowest BCUT2D eigenvalue weighted by Gasteiger charge is -2.18. The first-order chi connectivity index (χ1) is 13.0. The van der Waals surface area contributed by atoms with Gasteiger partial charge in [0.2, 0.25) is 0 Å². The highest BCUT2D eigenvalue weighted by molar-refractivity contribution is 5.94. The van der Waals surface area contributed by atoms with Crippen LogP contribution in [0.25, 0.3) is 16.9 Å². The molecule has 1 N–H and O–H groups in total. The number of pyridine rings is 1. The summed E-state index contributed by atoms with van der Waals surface area (Å²) in [6, 6.07) is 13.6. The van der Waals surface area contributed by atoms with Gasteiger partial charge in [0.1, 0.15) is 11.8 Å². The summed E-state index contributed by atoms with van der Waals surface area (Å²) in [7, 11) is 0. The summed E-state index contributed by atoms with van der Waals surface area (Å²) in [5.74, 6) is -0.110. The average Bonchev–Trinajstić information content (AvgIpc) is 3.24. The Morgan fingerprint density at radius 3 is 2.67 bits per heavy atom. The number of carbonyl (C=O) groups excluding carboxylic acids is 1. The normalized spacial score (nSPS) is 19.9. The third kappa shape index (κ3) is 3.59. The molecule has 140 valence electrons. The van der Waals surface area contributed by atoms with Crippen LogP contribution in [0.4, 0.5) is 0 Å². The zero-order valence-electron chi connectivity index (χ0n) is 15.4. The number of β-amino-alcohol motifs (C(OH)–C–C–N with tert-alkyl or cyclic N) is 1. The SMILES string of the molecule is CC(C)OC1CN(C(=O)c2ccc3nc(-c4ccccc4)cn3c2)CC1O. The van der Waals surface area contributed by atoms with Gasteiger partial charge in [-0.3, -0.25) is 4.79 Å². The van der Waals surface area contributed by atoms with E-state index in [9.17, 15) is 9.90 Å². The van der Waals surface area contributed by atoms with E-state index in [2.05, 4.69) is 4.98 Å². The number of imidazole rings is 1. The van der Waals surface area contributed by atoms with Crippen molar-refractivity contribution in [3.63, 3.8) is 0 Å². The van der Waals surface area contributed by atoms with Crippen LogP contribution in [-0.2, 0) is 4.74 Å². The number of hydrogen-bond acceptors (Lipinski definition) is 4. The first-order valence-electron chi connectivity index (χ1n) is 9.18. The molecule has 0 bridgehead atoms. The van der Waals surface area contributed by atoms with Gasteiger partial charge in [-0.1, -0.05) is 30.3 Å². The molecule has 6 nitrogen and oxygen atoms in total. The Hall–Kier alpha value is -2.70. The average molecular weight is 365 g/mol. The molecule has 2 atom stereocenters. The van der Waals surface area contributed by atoms with Crippen LogP contribution in [0, 0.1) is 0 Å². The van der Waals surface area contributed by atoms with Crippen molar-refractivity contribution < 1.29 is 14.6 Å². The van der Waals surface area contributed by atoms with Gasteiger partial charge >= 0.3 is 0 Å². The number of fused-ring (bicyclic) bond motifs is 1. The van der Waals surface area contributed by atoms with Crippen LogP contribution in [0.1, 0.15) is 24.2 Å². The molecule has 1 aliphatic rings. The second-order valence-electron chi connectivity index (χ2n) is 7.18. The summed E-state index contributed by atoms with van der Waals surface area (Å²) in [6.45, 7) is 4.53. The highest BCUT2D eigenvalue weighted by Crippen LogP contribution is 2.21. The molecule has 4 rings (SSSR count). The van der Waals surface area contributed by atoms with Gasteiger partial charge in [0, 0.05) is 31.0 Å². The van der Waals surface area contributed by atoms with Crippen LogP contribution in [-0.4, -0.2) is 56.7 Å². The van der Waals surface area contributed by atoms with Crippen molar-refractivity contribution in [1.82, 2.24) is 14.3 Å². The molecule has 1 aromatic carbocycles. The number of likely N-dealkylation sites (tertiary alicyclic amines) is 1. The molecule has 1 fully saturated rings. The molecular formula is C21H23N3O3. The Bertz CT molecular complexity index is 952. The van der Waals surface area contributed by atoms with Crippen molar-refractivity contribution in [1.29, 1.82) is 0 Å². The van der Waals surface area contributed by atoms with Crippen molar-refractivity contribution in [3.05, 3.63) is 60.4 Å². The molecule has 1 saturated heterocycles. The van der Waals surface area contributed by atoms with E-state index in [1.165, 1.54) is 0 Å². The van der Waals surface area contributed by atoms with Gasteiger partial charge in [-0.15, -0.1) is 0 Å².